The number of benzene rings is 2. The van der Waals surface area contributed by atoms with Crippen molar-refractivity contribution in [3.8, 4) is 17.1 Å². The molecule has 168 valence electrons. The smallest absolute Gasteiger partial charge is 0.181 e. The first-order chi connectivity index (χ1) is 16.0. The molecule has 1 fully saturated rings. The van der Waals surface area contributed by atoms with E-state index in [0.717, 1.165) is 22.8 Å². The lowest BCUT2D eigenvalue weighted by Gasteiger charge is -2.53. The van der Waals surface area contributed by atoms with Crippen LogP contribution in [0.5, 0.6) is 5.75 Å². The average Bonchev–Trinajstić information content (AvgIpc) is 3.27. The van der Waals surface area contributed by atoms with Gasteiger partial charge in [0.15, 0.2) is 5.82 Å². The minimum absolute atomic E-state index is 0.110. The largest absolute Gasteiger partial charge is 0.487 e. The molecule has 2 aromatic heterocycles. The molecule has 2 aromatic carbocycles. The van der Waals surface area contributed by atoms with E-state index in [1.807, 2.05) is 25.2 Å². The molecule has 1 unspecified atom stereocenters. The van der Waals surface area contributed by atoms with Gasteiger partial charge in [-0.1, -0.05) is 62.7 Å². The first-order valence-electron chi connectivity index (χ1n) is 11.5. The van der Waals surface area contributed by atoms with E-state index in [-0.39, 0.29) is 10.8 Å². The molecule has 4 aromatic rings. The minimum atomic E-state index is -0.110. The molecule has 1 atom stereocenters. The summed E-state index contributed by atoms with van der Waals surface area (Å²) in [5, 5.41) is 11.9. The highest BCUT2D eigenvalue weighted by molar-refractivity contribution is 5.57. The number of pyridine rings is 1. The fourth-order valence-corrected chi connectivity index (χ4v) is 5.02. The van der Waals surface area contributed by atoms with E-state index in [2.05, 4.69) is 82.9 Å². The third kappa shape index (κ3) is 3.80. The Bertz CT molecular complexity index is 1210. The summed E-state index contributed by atoms with van der Waals surface area (Å²) < 4.78 is 7.68. The molecule has 6 nitrogen and oxygen atoms in total. The van der Waals surface area contributed by atoms with Crippen LogP contribution in [-0.2, 0) is 19.1 Å². The summed E-state index contributed by atoms with van der Waals surface area (Å²) in [5.41, 5.74) is 4.66. The molecule has 1 saturated carbocycles. The van der Waals surface area contributed by atoms with Gasteiger partial charge < -0.3 is 4.74 Å². The standard InChI is InChI=1S/C27H29N5O/c1-26(16-6-17-26)27(2,21-10-8-20(9-11-21)25-29-30-31-32(25)3)22-12-14-24(15-13-22)33-19-23-7-4-5-18-28-23/h4-5,7-15,18H,6,16-17,19H2,1-3H3. The zero-order chi connectivity index (χ0) is 22.9. The van der Waals surface area contributed by atoms with Crippen LogP contribution in [0.3, 0.4) is 0 Å². The maximum absolute atomic E-state index is 5.98. The molecule has 1 aliphatic rings. The summed E-state index contributed by atoms with van der Waals surface area (Å²) in [6.07, 6.45) is 5.51. The van der Waals surface area contributed by atoms with Gasteiger partial charge in [0.05, 0.1) is 5.69 Å². The number of hydrogen-bond donors (Lipinski definition) is 0. The van der Waals surface area contributed by atoms with Gasteiger partial charge >= 0.3 is 0 Å². The van der Waals surface area contributed by atoms with Crippen molar-refractivity contribution in [3.05, 3.63) is 89.7 Å². The second-order valence-electron chi connectivity index (χ2n) is 9.38. The fourth-order valence-electron chi connectivity index (χ4n) is 5.02. The number of ether oxygens (including phenoxy) is 1. The third-order valence-electron chi connectivity index (χ3n) is 7.55. The lowest BCUT2D eigenvalue weighted by molar-refractivity contribution is 0.0751. The van der Waals surface area contributed by atoms with Crippen molar-refractivity contribution >= 4 is 0 Å². The molecule has 1 aliphatic carbocycles. The molecule has 2 heterocycles. The molecular weight excluding hydrogens is 410 g/mol. The Labute approximate surface area is 194 Å². The topological polar surface area (TPSA) is 65.7 Å². The van der Waals surface area contributed by atoms with Gasteiger partial charge in [0, 0.05) is 24.2 Å². The van der Waals surface area contributed by atoms with Gasteiger partial charge in [0.2, 0.25) is 0 Å². The van der Waals surface area contributed by atoms with E-state index < -0.39 is 0 Å². The molecule has 0 radical (unpaired) electrons. The number of tetrazole rings is 1. The van der Waals surface area contributed by atoms with Gasteiger partial charge in [-0.15, -0.1) is 5.10 Å². The van der Waals surface area contributed by atoms with Crippen LogP contribution in [-0.4, -0.2) is 25.2 Å². The molecule has 0 spiro atoms. The van der Waals surface area contributed by atoms with Crippen molar-refractivity contribution in [1.82, 2.24) is 25.2 Å². The van der Waals surface area contributed by atoms with Crippen LogP contribution in [0, 0.1) is 5.41 Å². The highest BCUT2D eigenvalue weighted by atomic mass is 16.5. The number of hydrogen-bond acceptors (Lipinski definition) is 5. The van der Waals surface area contributed by atoms with Crippen LogP contribution < -0.4 is 4.74 Å². The van der Waals surface area contributed by atoms with Crippen molar-refractivity contribution in [2.75, 3.05) is 0 Å². The van der Waals surface area contributed by atoms with Gasteiger partial charge in [0.25, 0.3) is 0 Å². The Morgan fingerprint density at radius 3 is 2.21 bits per heavy atom. The van der Waals surface area contributed by atoms with Gasteiger partial charge in [-0.05, 0) is 64.1 Å². The Morgan fingerprint density at radius 2 is 1.67 bits per heavy atom. The van der Waals surface area contributed by atoms with Crippen LogP contribution in [0.4, 0.5) is 0 Å². The average molecular weight is 440 g/mol. The maximum Gasteiger partial charge on any atom is 0.181 e. The summed E-state index contributed by atoms with van der Waals surface area (Å²) in [6, 6.07) is 23.2. The summed E-state index contributed by atoms with van der Waals surface area (Å²) in [4.78, 5) is 4.33. The monoisotopic (exact) mass is 439 g/mol. The molecule has 0 aliphatic heterocycles. The van der Waals surface area contributed by atoms with Gasteiger partial charge in [-0.3, -0.25) is 4.98 Å². The molecule has 5 rings (SSSR count). The lowest BCUT2D eigenvalue weighted by Crippen LogP contribution is -2.47. The van der Waals surface area contributed by atoms with Crippen LogP contribution >= 0.6 is 0 Å². The molecule has 33 heavy (non-hydrogen) atoms. The predicted molar refractivity (Wildman–Crippen MR) is 128 cm³/mol. The van der Waals surface area contributed by atoms with E-state index in [0.29, 0.717) is 6.61 Å². The van der Waals surface area contributed by atoms with Crippen molar-refractivity contribution in [1.29, 1.82) is 0 Å². The zero-order valence-electron chi connectivity index (χ0n) is 19.4. The number of rotatable bonds is 7. The second kappa shape index (κ2) is 8.43. The fraction of sp³-hybridized carbons (Fsp3) is 0.333. The Balaban J connectivity index is 1.43. The number of nitrogens with zero attached hydrogens (tertiary/aromatic N) is 5. The quantitative estimate of drug-likeness (QED) is 0.388. The molecular formula is C27H29N5O. The predicted octanol–water partition coefficient (Wildman–Crippen LogP) is 5.35. The van der Waals surface area contributed by atoms with Gasteiger partial charge in [-0.25, -0.2) is 4.68 Å². The van der Waals surface area contributed by atoms with Crippen molar-refractivity contribution in [3.63, 3.8) is 0 Å². The van der Waals surface area contributed by atoms with Crippen LogP contribution in [0.25, 0.3) is 11.4 Å². The van der Waals surface area contributed by atoms with E-state index in [1.54, 1.807) is 10.9 Å². The summed E-state index contributed by atoms with van der Waals surface area (Å²) in [6.45, 7) is 5.27. The molecule has 0 saturated heterocycles. The Kier molecular flexibility index (Phi) is 5.44. The van der Waals surface area contributed by atoms with Crippen molar-refractivity contribution in [2.24, 2.45) is 12.5 Å². The molecule has 0 amide bonds. The highest BCUT2D eigenvalue weighted by Gasteiger charge is 2.50. The minimum Gasteiger partial charge on any atom is -0.487 e. The lowest BCUT2D eigenvalue weighted by atomic mass is 9.50. The third-order valence-corrected chi connectivity index (χ3v) is 7.55. The summed E-state index contributed by atoms with van der Waals surface area (Å²) in [7, 11) is 1.86. The molecule has 0 N–H and O–H groups in total. The molecule has 0 bridgehead atoms. The SMILES string of the molecule is Cn1nnnc1-c1ccc(C(C)(c2ccc(OCc3ccccn3)cc2)C2(C)CCC2)cc1. The summed E-state index contributed by atoms with van der Waals surface area (Å²) in [5.74, 6) is 1.63. The molecule has 6 heteroatoms. The Hall–Kier alpha value is -3.54. The Morgan fingerprint density at radius 1 is 0.970 bits per heavy atom. The first-order valence-corrected chi connectivity index (χ1v) is 11.5. The van der Waals surface area contributed by atoms with E-state index in [9.17, 15) is 0 Å². The van der Waals surface area contributed by atoms with Crippen LogP contribution in [0.15, 0.2) is 72.9 Å². The second-order valence-corrected chi connectivity index (χ2v) is 9.38. The zero-order valence-corrected chi connectivity index (χ0v) is 19.4. The maximum atomic E-state index is 5.98. The van der Waals surface area contributed by atoms with E-state index >= 15 is 0 Å². The van der Waals surface area contributed by atoms with Crippen molar-refractivity contribution in [2.45, 2.75) is 45.1 Å². The van der Waals surface area contributed by atoms with E-state index in [4.69, 9.17) is 4.74 Å². The summed E-state index contributed by atoms with van der Waals surface area (Å²) >= 11 is 0. The highest BCUT2D eigenvalue weighted by Crippen LogP contribution is 2.58. The first kappa shape index (κ1) is 21.3. The van der Waals surface area contributed by atoms with E-state index in [1.165, 1.54) is 30.4 Å². The van der Waals surface area contributed by atoms with Crippen molar-refractivity contribution < 1.29 is 4.74 Å². The number of aromatic nitrogens is 5. The van der Waals surface area contributed by atoms with Crippen LogP contribution in [0.2, 0.25) is 0 Å². The van der Waals surface area contributed by atoms with Gasteiger partial charge in [-0.2, -0.15) is 0 Å². The number of aryl methyl sites for hydroxylation is 1. The van der Waals surface area contributed by atoms with Crippen LogP contribution in [0.1, 0.15) is 49.9 Å². The van der Waals surface area contributed by atoms with Gasteiger partial charge in [0.1, 0.15) is 12.4 Å². The normalized spacial score (nSPS) is 16.6.